The summed E-state index contributed by atoms with van der Waals surface area (Å²) >= 11 is 0. The van der Waals surface area contributed by atoms with Crippen LogP contribution in [0.15, 0.2) is 84.9 Å². The van der Waals surface area contributed by atoms with Crippen molar-refractivity contribution in [3.05, 3.63) is 107 Å². The smallest absolute Gasteiger partial charge is 0.408 e. The Morgan fingerprint density at radius 1 is 0.929 bits per heavy atom. The van der Waals surface area contributed by atoms with Gasteiger partial charge in [0.2, 0.25) is 11.8 Å². The molecule has 4 N–H and O–H groups in total. The third-order valence-electron chi connectivity index (χ3n) is 8.26. The van der Waals surface area contributed by atoms with Gasteiger partial charge < -0.3 is 25.7 Å². The van der Waals surface area contributed by atoms with Crippen LogP contribution in [0.5, 0.6) is 0 Å². The highest BCUT2D eigenvalue weighted by atomic mass is 16.5. The number of aromatic nitrogens is 1. The Bertz CT molecular complexity index is 1540. The first-order valence-corrected chi connectivity index (χ1v) is 14.6. The first-order valence-electron chi connectivity index (χ1n) is 14.6. The molecule has 0 radical (unpaired) electrons. The van der Waals surface area contributed by atoms with Crippen LogP contribution in [0, 0.1) is 5.92 Å². The molecule has 0 aliphatic heterocycles. The summed E-state index contributed by atoms with van der Waals surface area (Å²) in [6.07, 6.45) is 1.33. The summed E-state index contributed by atoms with van der Waals surface area (Å²) in [5, 5.41) is 10.0. The molecule has 0 bridgehead atoms. The van der Waals surface area contributed by atoms with Crippen LogP contribution < -0.4 is 16.0 Å². The number of rotatable bonds is 10. The Balaban J connectivity index is 1.37. The SMILES string of the molecule is CC[C@H](C)[C@H](NC(=O)OCc1ccccc1)C(=O)N[C@]1(C(=O)NCc2ccccc2)CCc2[nH]c3ccccc3c2C1. The topological polar surface area (TPSA) is 112 Å². The fourth-order valence-electron chi connectivity index (χ4n) is 5.61. The number of H-pyrrole nitrogens is 1. The summed E-state index contributed by atoms with van der Waals surface area (Å²) < 4.78 is 5.42. The molecule has 5 rings (SSSR count). The number of para-hydroxylation sites is 1. The molecule has 8 nitrogen and oxygen atoms in total. The van der Waals surface area contributed by atoms with Gasteiger partial charge in [-0.05, 0) is 41.5 Å². The molecule has 0 saturated heterocycles. The third kappa shape index (κ3) is 6.48. The standard InChI is InChI=1S/C34H38N4O4/c1-3-23(2)30(37-33(41)42-22-25-14-8-5-9-15-25)31(39)38-34(32(40)35-21-24-12-6-4-7-13-24)19-18-29-27(20-34)26-16-10-11-17-28(26)36-29/h4-17,23,30,36H,3,18-22H2,1-2H3,(H,35,40)(H,37,41)(H,38,39)/t23-,30-,34+/m0/s1. The number of amides is 3. The summed E-state index contributed by atoms with van der Waals surface area (Å²) in [7, 11) is 0. The van der Waals surface area contributed by atoms with Crippen LogP contribution in [-0.2, 0) is 40.3 Å². The largest absolute Gasteiger partial charge is 0.445 e. The Kier molecular flexibility index (Phi) is 8.91. The number of nitrogens with one attached hydrogen (secondary N) is 4. The summed E-state index contributed by atoms with van der Waals surface area (Å²) in [6.45, 7) is 4.30. The zero-order valence-electron chi connectivity index (χ0n) is 24.1. The van der Waals surface area contributed by atoms with Crippen molar-refractivity contribution < 1.29 is 19.1 Å². The van der Waals surface area contributed by atoms with Gasteiger partial charge in [-0.25, -0.2) is 4.79 Å². The molecule has 0 saturated carbocycles. The van der Waals surface area contributed by atoms with Crippen molar-refractivity contribution >= 4 is 28.8 Å². The van der Waals surface area contributed by atoms with E-state index in [1.54, 1.807) is 0 Å². The molecule has 1 aromatic heterocycles. The predicted octanol–water partition coefficient (Wildman–Crippen LogP) is 5.17. The summed E-state index contributed by atoms with van der Waals surface area (Å²) in [5.74, 6) is -0.838. The first kappa shape index (κ1) is 28.9. The van der Waals surface area contributed by atoms with Crippen molar-refractivity contribution in [1.29, 1.82) is 0 Å². The highest BCUT2D eigenvalue weighted by Gasteiger charge is 2.45. The minimum absolute atomic E-state index is 0.0939. The minimum Gasteiger partial charge on any atom is -0.445 e. The number of alkyl carbamates (subject to hydrolysis) is 1. The molecule has 1 heterocycles. The molecule has 42 heavy (non-hydrogen) atoms. The average Bonchev–Trinajstić information content (AvgIpc) is 3.39. The van der Waals surface area contributed by atoms with E-state index in [0.29, 0.717) is 32.2 Å². The average molecular weight is 567 g/mol. The summed E-state index contributed by atoms with van der Waals surface area (Å²) in [6, 6.07) is 26.2. The lowest BCUT2D eigenvalue weighted by Crippen LogP contribution is -2.65. The fraction of sp³-hybridized carbons (Fsp3) is 0.324. The van der Waals surface area contributed by atoms with Crippen molar-refractivity contribution in [2.24, 2.45) is 5.92 Å². The molecule has 3 amide bonds. The Labute approximate surface area is 246 Å². The number of benzene rings is 3. The van der Waals surface area contributed by atoms with Gasteiger partial charge in [0, 0.05) is 29.6 Å². The molecular formula is C34H38N4O4. The van der Waals surface area contributed by atoms with E-state index in [-0.39, 0.29) is 18.4 Å². The number of aryl methyl sites for hydroxylation is 1. The van der Waals surface area contributed by atoms with Gasteiger partial charge in [0.15, 0.2) is 0 Å². The van der Waals surface area contributed by atoms with Crippen molar-refractivity contribution in [3.63, 3.8) is 0 Å². The second-order valence-corrected chi connectivity index (χ2v) is 11.1. The lowest BCUT2D eigenvalue weighted by Gasteiger charge is -2.38. The van der Waals surface area contributed by atoms with Crippen LogP contribution in [0.4, 0.5) is 4.79 Å². The van der Waals surface area contributed by atoms with Crippen molar-refractivity contribution in [2.45, 2.75) is 64.3 Å². The third-order valence-corrected chi connectivity index (χ3v) is 8.26. The molecule has 218 valence electrons. The molecule has 0 fully saturated rings. The molecule has 1 aliphatic carbocycles. The van der Waals surface area contributed by atoms with Gasteiger partial charge in [-0.2, -0.15) is 0 Å². The fourth-order valence-corrected chi connectivity index (χ4v) is 5.61. The first-order chi connectivity index (χ1) is 20.4. The van der Waals surface area contributed by atoms with Crippen LogP contribution in [0.25, 0.3) is 10.9 Å². The highest BCUT2D eigenvalue weighted by Crippen LogP contribution is 2.34. The number of hydrogen-bond acceptors (Lipinski definition) is 4. The van der Waals surface area contributed by atoms with E-state index >= 15 is 0 Å². The van der Waals surface area contributed by atoms with Crippen LogP contribution in [-0.4, -0.2) is 34.5 Å². The van der Waals surface area contributed by atoms with E-state index in [1.807, 2.05) is 98.8 Å². The number of carbonyl (C=O) groups is 3. The van der Waals surface area contributed by atoms with E-state index in [2.05, 4.69) is 20.9 Å². The number of ether oxygens (including phenoxy) is 1. The molecule has 0 unspecified atom stereocenters. The van der Waals surface area contributed by atoms with E-state index in [4.69, 9.17) is 4.74 Å². The Morgan fingerprint density at radius 3 is 2.31 bits per heavy atom. The predicted molar refractivity (Wildman–Crippen MR) is 162 cm³/mol. The van der Waals surface area contributed by atoms with Gasteiger partial charge in [0.25, 0.3) is 0 Å². The molecule has 3 aromatic carbocycles. The maximum absolute atomic E-state index is 14.0. The van der Waals surface area contributed by atoms with E-state index in [1.165, 1.54) is 0 Å². The lowest BCUT2D eigenvalue weighted by molar-refractivity contribution is -0.135. The molecular weight excluding hydrogens is 528 g/mol. The van der Waals surface area contributed by atoms with Crippen LogP contribution in [0.2, 0.25) is 0 Å². The molecule has 4 aromatic rings. The van der Waals surface area contributed by atoms with Gasteiger partial charge >= 0.3 is 6.09 Å². The molecule has 1 aliphatic rings. The van der Waals surface area contributed by atoms with E-state index in [9.17, 15) is 14.4 Å². The molecule has 3 atom stereocenters. The monoisotopic (exact) mass is 566 g/mol. The maximum Gasteiger partial charge on any atom is 0.408 e. The summed E-state index contributed by atoms with van der Waals surface area (Å²) in [4.78, 5) is 44.2. The molecule has 8 heteroatoms. The number of aromatic amines is 1. The van der Waals surface area contributed by atoms with Gasteiger partial charge in [0.05, 0.1) is 0 Å². The van der Waals surface area contributed by atoms with Gasteiger partial charge in [-0.1, -0.05) is 99.1 Å². The van der Waals surface area contributed by atoms with Crippen molar-refractivity contribution in [2.75, 3.05) is 0 Å². The minimum atomic E-state index is -1.19. The van der Waals surface area contributed by atoms with E-state index in [0.717, 1.165) is 33.3 Å². The number of hydrogen-bond donors (Lipinski definition) is 4. The normalized spacial score (nSPS) is 17.5. The van der Waals surface area contributed by atoms with Crippen LogP contribution >= 0.6 is 0 Å². The second kappa shape index (κ2) is 12.9. The zero-order valence-corrected chi connectivity index (χ0v) is 24.1. The van der Waals surface area contributed by atoms with Gasteiger partial charge in [-0.3, -0.25) is 9.59 Å². The van der Waals surface area contributed by atoms with Gasteiger partial charge in [0.1, 0.15) is 18.2 Å². The van der Waals surface area contributed by atoms with Gasteiger partial charge in [-0.15, -0.1) is 0 Å². The quantitative estimate of drug-likeness (QED) is 0.212. The van der Waals surface area contributed by atoms with Crippen LogP contribution in [0.3, 0.4) is 0 Å². The van der Waals surface area contributed by atoms with Crippen LogP contribution in [0.1, 0.15) is 49.1 Å². The lowest BCUT2D eigenvalue weighted by atomic mass is 9.78. The molecule has 0 spiro atoms. The Hall–Kier alpha value is -4.59. The Morgan fingerprint density at radius 2 is 1.60 bits per heavy atom. The van der Waals surface area contributed by atoms with Crippen molar-refractivity contribution in [1.82, 2.24) is 20.9 Å². The maximum atomic E-state index is 14.0. The number of carbonyl (C=O) groups excluding carboxylic acids is 3. The summed E-state index contributed by atoms with van der Waals surface area (Å²) in [5.41, 5.74) is 3.75. The number of fused-ring (bicyclic) bond motifs is 3. The van der Waals surface area contributed by atoms with E-state index < -0.39 is 23.6 Å². The zero-order chi connectivity index (χ0) is 29.5. The van der Waals surface area contributed by atoms with Crippen molar-refractivity contribution in [3.8, 4) is 0 Å². The second-order valence-electron chi connectivity index (χ2n) is 11.1. The highest BCUT2D eigenvalue weighted by molar-refractivity contribution is 5.96.